The zero-order valence-corrected chi connectivity index (χ0v) is 14.9. The first-order chi connectivity index (χ1) is 11.2. The number of rotatable bonds is 6. The zero-order chi connectivity index (χ0) is 18.1. The van der Waals surface area contributed by atoms with Gasteiger partial charge in [0.25, 0.3) is 12.3 Å². The number of carbonyl (C=O) groups is 1. The van der Waals surface area contributed by atoms with Gasteiger partial charge in [-0.2, -0.15) is 0 Å². The number of anilines is 1. The van der Waals surface area contributed by atoms with E-state index in [0.717, 1.165) is 21.6 Å². The number of halogens is 2. The van der Waals surface area contributed by atoms with E-state index in [9.17, 15) is 18.7 Å². The lowest BCUT2D eigenvalue weighted by Crippen LogP contribution is -2.60. The van der Waals surface area contributed by atoms with Gasteiger partial charge in [-0.15, -0.1) is 22.7 Å². The molecule has 2 heterocycles. The topological polar surface area (TPSA) is 72.8 Å². The summed E-state index contributed by atoms with van der Waals surface area (Å²) < 4.78 is 26.4. The fourth-order valence-corrected chi connectivity index (χ4v) is 4.31. The highest BCUT2D eigenvalue weighted by Crippen LogP contribution is 2.38. The van der Waals surface area contributed by atoms with Crippen molar-refractivity contribution in [3.8, 4) is 9.75 Å². The number of hydroxylamine groups is 1. The molecule has 0 saturated carbocycles. The molecule has 0 bridgehead atoms. The highest BCUT2D eigenvalue weighted by molar-refractivity contribution is 7.24. The van der Waals surface area contributed by atoms with E-state index in [1.165, 1.54) is 28.8 Å². The number of nitrogens with zero attached hydrogens (tertiary/aromatic N) is 1. The van der Waals surface area contributed by atoms with E-state index >= 15 is 0 Å². The van der Waals surface area contributed by atoms with Crippen LogP contribution >= 0.6 is 22.7 Å². The largest absolute Gasteiger partial charge is 0.381 e. The Balaban J connectivity index is 2.35. The van der Waals surface area contributed by atoms with Crippen LogP contribution in [0.4, 0.5) is 13.8 Å². The zero-order valence-electron chi connectivity index (χ0n) is 13.3. The van der Waals surface area contributed by atoms with Crippen LogP contribution in [0.2, 0.25) is 0 Å². The average Bonchev–Trinajstić information content (AvgIpc) is 3.15. The first kappa shape index (κ1) is 18.8. The van der Waals surface area contributed by atoms with Gasteiger partial charge in [0.05, 0.1) is 5.00 Å². The molecule has 132 valence electrons. The maximum Gasteiger partial charge on any atom is 0.269 e. The summed E-state index contributed by atoms with van der Waals surface area (Å²) in [6.07, 6.45) is -3.17. The quantitative estimate of drug-likeness (QED) is 0.535. The molecule has 0 aliphatic rings. The molecule has 24 heavy (non-hydrogen) atoms. The molecular weight excluding hydrogens is 358 g/mol. The van der Waals surface area contributed by atoms with E-state index in [1.807, 2.05) is 25.1 Å². The molecule has 2 aromatic rings. The van der Waals surface area contributed by atoms with Crippen molar-refractivity contribution < 1.29 is 23.9 Å². The molecule has 0 spiro atoms. The minimum Gasteiger partial charge on any atom is -0.381 e. The van der Waals surface area contributed by atoms with Crippen molar-refractivity contribution in [2.45, 2.75) is 31.9 Å². The van der Waals surface area contributed by atoms with Crippen LogP contribution in [0.3, 0.4) is 0 Å². The molecule has 0 aromatic carbocycles. The first-order valence-corrected chi connectivity index (χ1v) is 8.65. The van der Waals surface area contributed by atoms with Crippen LogP contribution in [-0.2, 0) is 4.79 Å². The normalized spacial score (nSPS) is 15.2. The van der Waals surface area contributed by atoms with Crippen LogP contribution < -0.4 is 10.4 Å². The second-order valence-corrected chi connectivity index (χ2v) is 7.91. The Kier molecular flexibility index (Phi) is 5.59. The van der Waals surface area contributed by atoms with Gasteiger partial charge in [0, 0.05) is 21.7 Å². The predicted molar refractivity (Wildman–Crippen MR) is 91.1 cm³/mol. The van der Waals surface area contributed by atoms with Crippen LogP contribution in [0.25, 0.3) is 9.75 Å². The lowest BCUT2D eigenvalue weighted by atomic mass is 9.95. The summed E-state index contributed by atoms with van der Waals surface area (Å²) in [7, 11) is 1.42. The van der Waals surface area contributed by atoms with E-state index in [2.05, 4.69) is 0 Å². The Morgan fingerprint density at radius 2 is 1.83 bits per heavy atom. The lowest BCUT2D eigenvalue weighted by Gasteiger charge is -2.37. The van der Waals surface area contributed by atoms with Gasteiger partial charge in [-0.3, -0.25) is 10.0 Å². The van der Waals surface area contributed by atoms with Crippen molar-refractivity contribution in [2.75, 3.05) is 11.9 Å². The number of carbonyl (C=O) groups excluding carboxylic acids is 1. The number of aryl methyl sites for hydroxylation is 1. The Labute approximate surface area is 146 Å². The monoisotopic (exact) mass is 376 g/mol. The molecule has 0 aliphatic carbocycles. The second-order valence-electron chi connectivity index (χ2n) is 5.56. The molecule has 9 heteroatoms. The maximum absolute atomic E-state index is 13.2. The number of alkyl halides is 2. The van der Waals surface area contributed by atoms with Crippen molar-refractivity contribution in [3.63, 3.8) is 0 Å². The highest BCUT2D eigenvalue weighted by Gasteiger charge is 2.47. The highest BCUT2D eigenvalue weighted by atomic mass is 32.1. The third kappa shape index (κ3) is 3.59. The molecule has 0 unspecified atom stereocenters. The predicted octanol–water partition coefficient (Wildman–Crippen LogP) is 3.11. The number of thiophene rings is 2. The molecule has 2 atom stereocenters. The van der Waals surface area contributed by atoms with E-state index < -0.39 is 24.0 Å². The fraction of sp³-hybridized carbons (Fsp3) is 0.400. The molecule has 0 aliphatic heterocycles. The number of hydrogen-bond donors (Lipinski definition) is 3. The molecule has 0 radical (unpaired) electrons. The molecule has 3 N–H and O–H groups in total. The van der Waals surface area contributed by atoms with Gasteiger partial charge in [0.2, 0.25) is 0 Å². The number of likely N-dealkylation sites (N-methyl/N-ethyl adjacent to an activating group) is 1. The summed E-state index contributed by atoms with van der Waals surface area (Å²) in [6, 6.07) is 5.80. The summed E-state index contributed by atoms with van der Waals surface area (Å²) in [5.41, 5.74) is -1.28. The van der Waals surface area contributed by atoms with Crippen LogP contribution in [0.5, 0.6) is 0 Å². The van der Waals surface area contributed by atoms with E-state index in [1.54, 1.807) is 17.4 Å². The second kappa shape index (κ2) is 7.14. The van der Waals surface area contributed by atoms with Gasteiger partial charge in [0.15, 0.2) is 5.60 Å². The third-order valence-electron chi connectivity index (χ3n) is 3.66. The summed E-state index contributed by atoms with van der Waals surface area (Å²) in [5.74, 6) is -1.11. The Morgan fingerprint density at radius 3 is 2.33 bits per heavy atom. The van der Waals surface area contributed by atoms with Crippen molar-refractivity contribution >= 4 is 33.6 Å². The molecule has 2 rings (SSSR count). The molecule has 2 aromatic heterocycles. The van der Waals surface area contributed by atoms with Crippen LogP contribution in [0, 0.1) is 6.92 Å². The minimum absolute atomic E-state index is 0.519. The number of hydrogen-bond acceptors (Lipinski definition) is 6. The molecular formula is C15H18F2N2O3S2. The van der Waals surface area contributed by atoms with Crippen LogP contribution in [-0.4, -0.2) is 41.3 Å². The molecule has 0 fully saturated rings. The van der Waals surface area contributed by atoms with Crippen molar-refractivity contribution in [1.29, 1.82) is 0 Å². The van der Waals surface area contributed by atoms with E-state index in [0.29, 0.717) is 5.00 Å². The Bertz CT molecular complexity index is 715. The van der Waals surface area contributed by atoms with Gasteiger partial charge in [0.1, 0.15) is 6.04 Å². The van der Waals surface area contributed by atoms with E-state index in [-0.39, 0.29) is 0 Å². The Morgan fingerprint density at radius 1 is 1.25 bits per heavy atom. The van der Waals surface area contributed by atoms with Gasteiger partial charge in [-0.25, -0.2) is 14.3 Å². The van der Waals surface area contributed by atoms with Gasteiger partial charge < -0.3 is 10.0 Å². The standard InChI is InChI=1S/C15H18F2N2O3S2/c1-8-4-5-9(23-8)10-6-7-11(24-10)19(3)12(13(20)18-22)15(2,21)14(16)17/h4-7,12,14,21-22H,1-3H3,(H,18,20)/t12-,15+/m1/s1. The fourth-order valence-electron chi connectivity index (χ4n) is 2.36. The van der Waals surface area contributed by atoms with Crippen molar-refractivity contribution in [3.05, 3.63) is 29.1 Å². The van der Waals surface area contributed by atoms with Gasteiger partial charge in [-0.1, -0.05) is 0 Å². The average molecular weight is 376 g/mol. The van der Waals surface area contributed by atoms with Crippen molar-refractivity contribution in [1.82, 2.24) is 5.48 Å². The molecule has 0 saturated heterocycles. The SMILES string of the molecule is Cc1ccc(-c2ccc(N(C)[C@H](C(=O)NO)[C@](C)(O)C(F)F)s2)s1. The van der Waals surface area contributed by atoms with E-state index in [4.69, 9.17) is 5.21 Å². The third-order valence-corrected chi connectivity index (χ3v) is 6.04. The lowest BCUT2D eigenvalue weighted by molar-refractivity contribution is -0.147. The number of nitrogens with one attached hydrogen (secondary N) is 1. The molecule has 5 nitrogen and oxygen atoms in total. The summed E-state index contributed by atoms with van der Waals surface area (Å²) in [6.45, 7) is 2.85. The van der Waals surface area contributed by atoms with Crippen LogP contribution in [0.15, 0.2) is 24.3 Å². The van der Waals surface area contributed by atoms with Crippen LogP contribution in [0.1, 0.15) is 11.8 Å². The maximum atomic E-state index is 13.2. The molecule has 1 amide bonds. The number of aliphatic hydroxyl groups is 1. The summed E-state index contributed by atoms with van der Waals surface area (Å²) in [5, 5.41) is 19.4. The summed E-state index contributed by atoms with van der Waals surface area (Å²) >= 11 is 2.91. The number of amides is 1. The summed E-state index contributed by atoms with van der Waals surface area (Å²) in [4.78, 5) is 16.2. The Hall–Kier alpha value is -1.55. The smallest absolute Gasteiger partial charge is 0.269 e. The van der Waals surface area contributed by atoms with Gasteiger partial charge >= 0.3 is 0 Å². The minimum atomic E-state index is -3.17. The van der Waals surface area contributed by atoms with Gasteiger partial charge in [-0.05, 0) is 38.1 Å². The van der Waals surface area contributed by atoms with Crippen molar-refractivity contribution in [2.24, 2.45) is 0 Å². The first-order valence-electron chi connectivity index (χ1n) is 7.02.